The van der Waals surface area contributed by atoms with Crippen LogP contribution < -0.4 is 10.6 Å². The van der Waals surface area contributed by atoms with E-state index in [4.69, 9.17) is 4.98 Å². The molecule has 4 nitrogen and oxygen atoms in total. The summed E-state index contributed by atoms with van der Waals surface area (Å²) in [4.78, 5) is 8.37. The van der Waals surface area contributed by atoms with Crippen LogP contribution in [0.15, 0.2) is 60.7 Å². The molecule has 0 fully saturated rings. The van der Waals surface area contributed by atoms with E-state index >= 15 is 0 Å². The van der Waals surface area contributed by atoms with Crippen LogP contribution in [0.5, 0.6) is 0 Å². The summed E-state index contributed by atoms with van der Waals surface area (Å²) in [5, 5.41) is 7.07. The molecule has 0 bridgehead atoms. The Morgan fingerprint density at radius 1 is 0.677 bits per heavy atom. The summed E-state index contributed by atoms with van der Waals surface area (Å²) in [6.07, 6.45) is 10.4. The Labute approximate surface area is 187 Å². The minimum atomic E-state index is 0.850. The van der Waals surface area contributed by atoms with E-state index in [1.165, 1.54) is 51.5 Å². The summed E-state index contributed by atoms with van der Waals surface area (Å²) < 4.78 is 0. The average Bonchev–Trinajstić information content (AvgIpc) is 3.25. The Morgan fingerprint density at radius 2 is 1.26 bits per heavy atom. The maximum absolute atomic E-state index is 4.87. The lowest BCUT2D eigenvalue weighted by Crippen LogP contribution is -2.16. The molecule has 3 rings (SSSR count). The molecule has 3 N–H and O–H groups in total. The van der Waals surface area contributed by atoms with E-state index in [1.54, 1.807) is 0 Å². The molecule has 0 atom stereocenters. The second-order valence-corrected chi connectivity index (χ2v) is 8.19. The largest absolute Gasteiger partial charge is 0.356 e. The summed E-state index contributed by atoms with van der Waals surface area (Å²) in [7, 11) is 0. The molecule has 2 aromatic carbocycles. The van der Waals surface area contributed by atoms with Crippen LogP contribution in [0.3, 0.4) is 0 Å². The highest BCUT2D eigenvalue weighted by atomic mass is 15.1. The normalized spacial score (nSPS) is 11.0. The first-order chi connectivity index (χ1) is 15.4. The summed E-state index contributed by atoms with van der Waals surface area (Å²) in [6.45, 7) is 5.50. The summed E-state index contributed by atoms with van der Waals surface area (Å²) >= 11 is 0. The summed E-state index contributed by atoms with van der Waals surface area (Å²) in [5.74, 6) is 0.850. The van der Waals surface area contributed by atoms with Gasteiger partial charge in [-0.2, -0.15) is 0 Å². The lowest BCUT2D eigenvalue weighted by atomic mass is 10.1. The highest BCUT2D eigenvalue weighted by Gasteiger charge is 2.13. The molecule has 0 aliphatic heterocycles. The Balaban J connectivity index is 1.41. The van der Waals surface area contributed by atoms with Crippen molar-refractivity contribution in [1.29, 1.82) is 0 Å². The van der Waals surface area contributed by atoms with E-state index in [0.29, 0.717) is 0 Å². The number of unbranched alkanes of at least 4 members (excludes halogenated alkanes) is 6. The molecule has 0 saturated heterocycles. The molecule has 0 aliphatic rings. The minimum Gasteiger partial charge on any atom is -0.356 e. The number of imidazole rings is 1. The van der Waals surface area contributed by atoms with Crippen LogP contribution in [0.4, 0.5) is 5.95 Å². The van der Waals surface area contributed by atoms with Crippen molar-refractivity contribution in [3.63, 3.8) is 0 Å². The van der Waals surface area contributed by atoms with E-state index in [2.05, 4.69) is 71.1 Å². The molecule has 0 spiro atoms. The van der Waals surface area contributed by atoms with Gasteiger partial charge in [-0.3, -0.25) is 0 Å². The van der Waals surface area contributed by atoms with Crippen LogP contribution in [-0.2, 0) is 0 Å². The monoisotopic (exact) mass is 418 g/mol. The zero-order chi connectivity index (χ0) is 21.6. The van der Waals surface area contributed by atoms with E-state index in [-0.39, 0.29) is 0 Å². The van der Waals surface area contributed by atoms with Gasteiger partial charge >= 0.3 is 0 Å². The molecule has 0 aliphatic carbocycles. The molecule has 3 aromatic rings. The number of nitrogens with zero attached hydrogens (tertiary/aromatic N) is 1. The number of nitrogens with one attached hydrogen (secondary N) is 3. The molecular formula is C27H38N4. The standard InChI is InChI=1S/C27H38N4/c1-2-3-4-5-13-20-28-21-14-8-15-22-29-27-30-25(23-16-9-6-10-17-23)26(31-27)24-18-11-7-12-19-24/h6-7,9-12,16-19,28H,2-5,8,13-15,20-22H2,1H3,(H2,29,30,31). The van der Waals surface area contributed by atoms with Gasteiger partial charge in [0.15, 0.2) is 0 Å². The van der Waals surface area contributed by atoms with Gasteiger partial charge in [-0.15, -0.1) is 0 Å². The fraction of sp³-hybridized carbons (Fsp3) is 0.444. The number of benzene rings is 2. The Hall–Kier alpha value is -2.59. The van der Waals surface area contributed by atoms with Crippen molar-refractivity contribution in [3.05, 3.63) is 60.7 Å². The van der Waals surface area contributed by atoms with Crippen molar-refractivity contribution in [3.8, 4) is 22.5 Å². The number of hydrogen-bond acceptors (Lipinski definition) is 3. The molecule has 4 heteroatoms. The van der Waals surface area contributed by atoms with E-state index in [0.717, 1.165) is 48.0 Å². The zero-order valence-electron chi connectivity index (χ0n) is 19.0. The first kappa shape index (κ1) is 23.1. The maximum Gasteiger partial charge on any atom is 0.201 e. The number of hydrogen-bond donors (Lipinski definition) is 3. The average molecular weight is 419 g/mol. The molecule has 0 saturated carbocycles. The highest BCUT2D eigenvalue weighted by Crippen LogP contribution is 2.31. The maximum atomic E-state index is 4.87. The third kappa shape index (κ3) is 7.87. The number of H-pyrrole nitrogens is 1. The SMILES string of the molecule is CCCCCCCNCCCCCNc1nc(-c2ccccc2)c(-c2ccccc2)[nH]1. The number of anilines is 1. The van der Waals surface area contributed by atoms with Crippen molar-refractivity contribution >= 4 is 5.95 Å². The van der Waals surface area contributed by atoms with Crippen molar-refractivity contribution in [2.45, 2.75) is 58.3 Å². The number of rotatable bonds is 15. The lowest BCUT2D eigenvalue weighted by Gasteiger charge is -2.05. The van der Waals surface area contributed by atoms with Crippen LogP contribution in [0.2, 0.25) is 0 Å². The molecular weight excluding hydrogens is 380 g/mol. The third-order valence-corrected chi connectivity index (χ3v) is 5.59. The topological polar surface area (TPSA) is 52.7 Å². The Morgan fingerprint density at radius 3 is 1.94 bits per heavy atom. The highest BCUT2D eigenvalue weighted by molar-refractivity contribution is 5.79. The fourth-order valence-electron chi connectivity index (χ4n) is 3.81. The van der Waals surface area contributed by atoms with Crippen LogP contribution in [0, 0.1) is 0 Å². The Kier molecular flexibility index (Phi) is 10.2. The predicted molar refractivity (Wildman–Crippen MR) is 133 cm³/mol. The molecule has 0 unspecified atom stereocenters. The molecule has 1 aromatic heterocycles. The van der Waals surface area contributed by atoms with Gasteiger partial charge in [0.05, 0.1) is 11.4 Å². The molecule has 0 amide bonds. The van der Waals surface area contributed by atoms with Crippen LogP contribution in [-0.4, -0.2) is 29.6 Å². The van der Waals surface area contributed by atoms with Gasteiger partial charge in [0.25, 0.3) is 0 Å². The summed E-state index contributed by atoms with van der Waals surface area (Å²) in [6, 6.07) is 20.8. The van der Waals surface area contributed by atoms with Gasteiger partial charge in [0, 0.05) is 17.7 Å². The third-order valence-electron chi connectivity index (χ3n) is 5.59. The van der Waals surface area contributed by atoms with Crippen molar-refractivity contribution in [2.75, 3.05) is 25.0 Å². The van der Waals surface area contributed by atoms with E-state index in [9.17, 15) is 0 Å². The minimum absolute atomic E-state index is 0.850. The van der Waals surface area contributed by atoms with Crippen LogP contribution >= 0.6 is 0 Å². The lowest BCUT2D eigenvalue weighted by molar-refractivity contribution is 0.562. The van der Waals surface area contributed by atoms with Crippen LogP contribution in [0.25, 0.3) is 22.5 Å². The molecule has 31 heavy (non-hydrogen) atoms. The second kappa shape index (κ2) is 13.7. The van der Waals surface area contributed by atoms with Gasteiger partial charge in [-0.25, -0.2) is 4.98 Å². The van der Waals surface area contributed by atoms with Crippen molar-refractivity contribution in [2.24, 2.45) is 0 Å². The van der Waals surface area contributed by atoms with E-state index in [1.807, 2.05) is 12.1 Å². The Bertz CT molecular complexity index is 785. The smallest absolute Gasteiger partial charge is 0.201 e. The first-order valence-corrected chi connectivity index (χ1v) is 12.0. The van der Waals surface area contributed by atoms with Crippen molar-refractivity contribution in [1.82, 2.24) is 15.3 Å². The van der Waals surface area contributed by atoms with Gasteiger partial charge in [0.1, 0.15) is 0 Å². The van der Waals surface area contributed by atoms with Crippen molar-refractivity contribution < 1.29 is 0 Å². The van der Waals surface area contributed by atoms with Gasteiger partial charge in [-0.1, -0.05) is 99.7 Å². The number of aromatic nitrogens is 2. The van der Waals surface area contributed by atoms with Gasteiger partial charge < -0.3 is 15.6 Å². The van der Waals surface area contributed by atoms with E-state index < -0.39 is 0 Å². The second-order valence-electron chi connectivity index (χ2n) is 8.19. The van der Waals surface area contributed by atoms with Gasteiger partial charge in [0.2, 0.25) is 5.95 Å². The zero-order valence-corrected chi connectivity index (χ0v) is 19.0. The predicted octanol–water partition coefficient (Wildman–Crippen LogP) is 6.89. The molecule has 166 valence electrons. The fourth-order valence-corrected chi connectivity index (χ4v) is 3.81. The number of aromatic amines is 1. The molecule has 1 heterocycles. The van der Waals surface area contributed by atoms with Gasteiger partial charge in [-0.05, 0) is 32.4 Å². The first-order valence-electron chi connectivity index (χ1n) is 12.0. The quantitative estimate of drug-likeness (QED) is 0.236. The van der Waals surface area contributed by atoms with Crippen LogP contribution in [0.1, 0.15) is 58.3 Å². The molecule has 0 radical (unpaired) electrons. The summed E-state index contributed by atoms with van der Waals surface area (Å²) in [5.41, 5.74) is 4.35.